The standard InChI is InChI=1S/C18H14.CH4S/c1-3-9-15(10-4-1)17-13-7-8-14-18(17)16-11-5-2-6-12-16;1-2/h1-14H;2H,1H3. The highest BCUT2D eigenvalue weighted by Crippen LogP contribution is 2.31. The predicted octanol–water partition coefficient (Wildman–Crippen LogP) is 5.57. The minimum absolute atomic E-state index is 1.26. The summed E-state index contributed by atoms with van der Waals surface area (Å²) < 4.78 is 0. The van der Waals surface area contributed by atoms with Crippen LogP contribution in [0.1, 0.15) is 0 Å². The molecule has 0 unspecified atom stereocenters. The molecule has 20 heavy (non-hydrogen) atoms. The average Bonchev–Trinajstić information content (AvgIpc) is 2.58. The van der Waals surface area contributed by atoms with Gasteiger partial charge in [0.25, 0.3) is 0 Å². The van der Waals surface area contributed by atoms with Gasteiger partial charge in [-0.15, -0.1) is 0 Å². The summed E-state index contributed by atoms with van der Waals surface area (Å²) in [6, 6.07) is 29.6. The monoisotopic (exact) mass is 278 g/mol. The van der Waals surface area contributed by atoms with Crippen molar-refractivity contribution in [3.8, 4) is 22.3 Å². The van der Waals surface area contributed by atoms with Gasteiger partial charge in [0.05, 0.1) is 0 Å². The topological polar surface area (TPSA) is 0 Å². The lowest BCUT2D eigenvalue weighted by Gasteiger charge is -2.09. The Morgan fingerprint density at radius 2 is 0.750 bits per heavy atom. The number of rotatable bonds is 2. The minimum atomic E-state index is 1.26. The molecule has 0 amide bonds. The Morgan fingerprint density at radius 1 is 0.450 bits per heavy atom. The van der Waals surface area contributed by atoms with Gasteiger partial charge in [-0.2, -0.15) is 12.6 Å². The molecule has 0 heterocycles. The molecule has 0 aromatic heterocycles. The molecule has 3 aromatic rings. The number of hydrogen-bond acceptors (Lipinski definition) is 1. The third-order valence-corrected chi connectivity index (χ3v) is 3.10. The van der Waals surface area contributed by atoms with E-state index < -0.39 is 0 Å². The fourth-order valence-corrected chi connectivity index (χ4v) is 2.22. The van der Waals surface area contributed by atoms with Crippen LogP contribution in [0.25, 0.3) is 22.3 Å². The van der Waals surface area contributed by atoms with E-state index in [0.29, 0.717) is 0 Å². The molecule has 0 radical (unpaired) electrons. The van der Waals surface area contributed by atoms with Crippen molar-refractivity contribution in [3.05, 3.63) is 84.9 Å². The molecule has 0 fully saturated rings. The van der Waals surface area contributed by atoms with Crippen molar-refractivity contribution < 1.29 is 0 Å². The molecule has 0 bridgehead atoms. The van der Waals surface area contributed by atoms with E-state index in [2.05, 4.69) is 97.6 Å². The molecule has 0 atom stereocenters. The summed E-state index contributed by atoms with van der Waals surface area (Å²) in [6.07, 6.45) is 1.69. The lowest BCUT2D eigenvalue weighted by Crippen LogP contribution is -1.83. The van der Waals surface area contributed by atoms with Crippen molar-refractivity contribution in [2.75, 3.05) is 6.26 Å². The minimum Gasteiger partial charge on any atom is -0.183 e. The Hall–Kier alpha value is -1.99. The Kier molecular flexibility index (Phi) is 5.45. The number of hydrogen-bond donors (Lipinski definition) is 1. The van der Waals surface area contributed by atoms with Crippen LogP contribution in [0.5, 0.6) is 0 Å². The molecular formula is C19H18S. The molecular weight excluding hydrogens is 260 g/mol. The maximum Gasteiger partial charge on any atom is -0.0105 e. The van der Waals surface area contributed by atoms with Crippen LogP contribution in [0, 0.1) is 0 Å². The van der Waals surface area contributed by atoms with Gasteiger partial charge >= 0.3 is 0 Å². The van der Waals surface area contributed by atoms with E-state index in [-0.39, 0.29) is 0 Å². The zero-order valence-corrected chi connectivity index (χ0v) is 12.4. The van der Waals surface area contributed by atoms with Crippen LogP contribution in [0.15, 0.2) is 84.9 Å². The lowest BCUT2D eigenvalue weighted by molar-refractivity contribution is 1.58. The highest BCUT2D eigenvalue weighted by atomic mass is 32.1. The van der Waals surface area contributed by atoms with E-state index in [9.17, 15) is 0 Å². The Balaban J connectivity index is 0.000000704. The molecule has 100 valence electrons. The fraction of sp³-hybridized carbons (Fsp3) is 0.0526. The summed E-state index contributed by atoms with van der Waals surface area (Å²) in [5.41, 5.74) is 5.09. The van der Waals surface area contributed by atoms with E-state index >= 15 is 0 Å². The smallest absolute Gasteiger partial charge is 0.0105 e. The fourth-order valence-electron chi connectivity index (χ4n) is 2.22. The predicted molar refractivity (Wildman–Crippen MR) is 92.2 cm³/mol. The van der Waals surface area contributed by atoms with Crippen LogP contribution >= 0.6 is 12.6 Å². The van der Waals surface area contributed by atoms with Crippen LogP contribution < -0.4 is 0 Å². The second kappa shape index (κ2) is 7.56. The summed E-state index contributed by atoms with van der Waals surface area (Å²) >= 11 is 3.53. The Morgan fingerprint density at radius 3 is 1.10 bits per heavy atom. The van der Waals surface area contributed by atoms with Crippen LogP contribution in [0.3, 0.4) is 0 Å². The van der Waals surface area contributed by atoms with Crippen LogP contribution in [0.2, 0.25) is 0 Å². The van der Waals surface area contributed by atoms with E-state index in [0.717, 1.165) is 0 Å². The van der Waals surface area contributed by atoms with Crippen LogP contribution in [-0.4, -0.2) is 6.26 Å². The molecule has 0 aliphatic heterocycles. The van der Waals surface area contributed by atoms with Gasteiger partial charge in [-0.1, -0.05) is 84.9 Å². The van der Waals surface area contributed by atoms with Crippen molar-refractivity contribution in [3.63, 3.8) is 0 Å². The maximum absolute atomic E-state index is 3.53. The molecule has 0 saturated carbocycles. The first kappa shape index (κ1) is 14.4. The van der Waals surface area contributed by atoms with Crippen molar-refractivity contribution in [1.29, 1.82) is 0 Å². The van der Waals surface area contributed by atoms with E-state index in [1.165, 1.54) is 22.3 Å². The number of thiol groups is 1. The molecule has 0 aliphatic rings. The summed E-state index contributed by atoms with van der Waals surface area (Å²) in [7, 11) is 0. The highest BCUT2D eigenvalue weighted by Gasteiger charge is 2.05. The largest absolute Gasteiger partial charge is 0.183 e. The number of benzene rings is 3. The molecule has 3 rings (SSSR count). The van der Waals surface area contributed by atoms with Gasteiger partial charge < -0.3 is 0 Å². The molecule has 3 aromatic carbocycles. The summed E-state index contributed by atoms with van der Waals surface area (Å²) in [4.78, 5) is 0. The summed E-state index contributed by atoms with van der Waals surface area (Å²) in [5.74, 6) is 0. The van der Waals surface area contributed by atoms with Gasteiger partial charge in [-0.25, -0.2) is 0 Å². The second-order valence-corrected chi connectivity index (χ2v) is 4.28. The second-order valence-electron chi connectivity index (χ2n) is 4.28. The summed E-state index contributed by atoms with van der Waals surface area (Å²) in [6.45, 7) is 0. The van der Waals surface area contributed by atoms with Gasteiger partial charge in [0.1, 0.15) is 0 Å². The van der Waals surface area contributed by atoms with Crippen molar-refractivity contribution in [2.24, 2.45) is 0 Å². The van der Waals surface area contributed by atoms with E-state index in [4.69, 9.17) is 0 Å². The Labute approximate surface area is 126 Å². The highest BCUT2D eigenvalue weighted by molar-refractivity contribution is 7.79. The normalized spacial score (nSPS) is 9.50. The SMILES string of the molecule is CS.c1ccc(-c2ccccc2-c2ccccc2)cc1. The molecule has 0 aliphatic carbocycles. The van der Waals surface area contributed by atoms with Gasteiger partial charge in [-0.3, -0.25) is 0 Å². The average molecular weight is 278 g/mol. The Bertz CT molecular complexity index is 572. The van der Waals surface area contributed by atoms with Crippen LogP contribution in [-0.2, 0) is 0 Å². The zero-order valence-electron chi connectivity index (χ0n) is 11.5. The first-order chi connectivity index (χ1) is 9.95. The van der Waals surface area contributed by atoms with Crippen LogP contribution in [0.4, 0.5) is 0 Å². The maximum atomic E-state index is 3.53. The van der Waals surface area contributed by atoms with E-state index in [1.807, 2.05) is 0 Å². The van der Waals surface area contributed by atoms with Crippen molar-refractivity contribution in [1.82, 2.24) is 0 Å². The van der Waals surface area contributed by atoms with Gasteiger partial charge in [-0.05, 0) is 28.5 Å². The van der Waals surface area contributed by atoms with Gasteiger partial charge in [0, 0.05) is 0 Å². The lowest BCUT2D eigenvalue weighted by atomic mass is 9.95. The van der Waals surface area contributed by atoms with Crippen molar-refractivity contribution >= 4 is 12.6 Å². The first-order valence-corrected chi connectivity index (χ1v) is 7.49. The summed E-state index contributed by atoms with van der Waals surface area (Å²) in [5, 5.41) is 0. The molecule has 0 nitrogen and oxygen atoms in total. The first-order valence-electron chi connectivity index (χ1n) is 6.60. The third-order valence-electron chi connectivity index (χ3n) is 3.10. The molecule has 0 saturated heterocycles. The zero-order chi connectivity index (χ0) is 14.2. The van der Waals surface area contributed by atoms with Gasteiger partial charge in [0.15, 0.2) is 0 Å². The molecule has 1 heteroatoms. The molecule has 0 N–H and O–H groups in total. The van der Waals surface area contributed by atoms with Crippen molar-refractivity contribution in [2.45, 2.75) is 0 Å². The molecule has 0 spiro atoms. The van der Waals surface area contributed by atoms with Gasteiger partial charge in [0.2, 0.25) is 0 Å². The quantitative estimate of drug-likeness (QED) is 0.582. The van der Waals surface area contributed by atoms with E-state index in [1.54, 1.807) is 6.26 Å². The third kappa shape index (κ3) is 3.31.